The number of aromatic nitrogens is 1. The van der Waals surface area contributed by atoms with Gasteiger partial charge in [0.15, 0.2) is 0 Å². The molecule has 0 aliphatic carbocycles. The minimum atomic E-state index is -1.05. The molecule has 1 unspecified atom stereocenters. The van der Waals surface area contributed by atoms with Crippen LogP contribution in [-0.2, 0) is 0 Å². The maximum atomic E-state index is 13.4. The molecule has 96 valence electrons. The van der Waals surface area contributed by atoms with Crippen molar-refractivity contribution >= 4 is 23.1 Å². The molecule has 0 spiro atoms. The summed E-state index contributed by atoms with van der Waals surface area (Å²) in [7, 11) is 0. The van der Waals surface area contributed by atoms with Crippen LogP contribution in [0.1, 0.15) is 17.4 Å². The summed E-state index contributed by atoms with van der Waals surface area (Å²) in [4.78, 5) is 4.22. The smallest absolute Gasteiger partial charge is 0.150 e. The fourth-order valence-corrected chi connectivity index (χ4v) is 3.24. The van der Waals surface area contributed by atoms with E-state index in [9.17, 15) is 13.9 Å². The normalized spacial score (nSPS) is 12.7. The summed E-state index contributed by atoms with van der Waals surface area (Å²) in [6.45, 7) is 1.88. The van der Waals surface area contributed by atoms with Crippen LogP contribution in [0.3, 0.4) is 0 Å². The van der Waals surface area contributed by atoms with Gasteiger partial charge in [-0.1, -0.05) is 11.8 Å². The van der Waals surface area contributed by atoms with E-state index < -0.39 is 17.7 Å². The molecule has 18 heavy (non-hydrogen) atoms. The van der Waals surface area contributed by atoms with E-state index in [4.69, 9.17) is 0 Å². The second kappa shape index (κ2) is 5.77. The lowest BCUT2D eigenvalue weighted by Gasteiger charge is -2.10. The van der Waals surface area contributed by atoms with Gasteiger partial charge in [0.2, 0.25) is 0 Å². The van der Waals surface area contributed by atoms with E-state index in [1.807, 2.05) is 12.3 Å². The summed E-state index contributed by atoms with van der Waals surface area (Å²) in [6.07, 6.45) is -1.05. The van der Waals surface area contributed by atoms with Crippen LogP contribution in [0.5, 0.6) is 0 Å². The average Bonchev–Trinajstić information content (AvgIpc) is 2.75. The van der Waals surface area contributed by atoms with Gasteiger partial charge in [-0.2, -0.15) is 0 Å². The molecule has 0 amide bonds. The van der Waals surface area contributed by atoms with Gasteiger partial charge in [-0.15, -0.1) is 11.3 Å². The van der Waals surface area contributed by atoms with Crippen LogP contribution in [0.4, 0.5) is 8.78 Å². The van der Waals surface area contributed by atoms with Gasteiger partial charge in [0, 0.05) is 22.4 Å². The lowest BCUT2D eigenvalue weighted by atomic mass is 10.1. The average molecular weight is 287 g/mol. The molecule has 0 aliphatic rings. The Labute approximate surface area is 112 Å². The zero-order valence-corrected chi connectivity index (χ0v) is 11.2. The van der Waals surface area contributed by atoms with Gasteiger partial charge in [-0.3, -0.25) is 0 Å². The van der Waals surface area contributed by atoms with Crippen molar-refractivity contribution in [2.75, 3.05) is 5.75 Å². The summed E-state index contributed by atoms with van der Waals surface area (Å²) in [5.74, 6) is -0.909. The van der Waals surface area contributed by atoms with Crippen molar-refractivity contribution in [2.24, 2.45) is 0 Å². The van der Waals surface area contributed by atoms with Crippen molar-refractivity contribution in [1.82, 2.24) is 4.98 Å². The van der Waals surface area contributed by atoms with Crippen molar-refractivity contribution < 1.29 is 13.9 Å². The standard InChI is InChI=1S/C12H11F2NOS2/c1-7-5-17-12(15-7)18-6-11(16)9-4-8(13)2-3-10(9)14/h2-5,11,16H,6H2,1H3. The Morgan fingerprint density at radius 3 is 2.89 bits per heavy atom. The molecule has 0 saturated carbocycles. The van der Waals surface area contributed by atoms with E-state index in [1.165, 1.54) is 23.1 Å². The molecule has 1 aromatic heterocycles. The third kappa shape index (κ3) is 3.28. The zero-order chi connectivity index (χ0) is 13.1. The molecule has 1 N–H and O–H groups in total. The number of hydrogen-bond acceptors (Lipinski definition) is 4. The van der Waals surface area contributed by atoms with Crippen molar-refractivity contribution in [3.05, 3.63) is 46.5 Å². The molecular formula is C12H11F2NOS2. The molecule has 6 heteroatoms. The maximum Gasteiger partial charge on any atom is 0.150 e. The summed E-state index contributed by atoms with van der Waals surface area (Å²) in [5, 5.41) is 11.7. The van der Waals surface area contributed by atoms with Crippen LogP contribution in [-0.4, -0.2) is 15.8 Å². The van der Waals surface area contributed by atoms with Gasteiger partial charge < -0.3 is 5.11 Å². The Morgan fingerprint density at radius 1 is 1.44 bits per heavy atom. The van der Waals surface area contributed by atoms with E-state index in [0.29, 0.717) is 0 Å². The highest BCUT2D eigenvalue weighted by Crippen LogP contribution is 2.28. The van der Waals surface area contributed by atoms with E-state index >= 15 is 0 Å². The molecule has 0 aliphatic heterocycles. The Bertz CT molecular complexity index is 545. The maximum absolute atomic E-state index is 13.4. The highest BCUT2D eigenvalue weighted by Gasteiger charge is 2.15. The number of aliphatic hydroxyl groups is 1. The fourth-order valence-electron chi connectivity index (χ4n) is 1.41. The molecular weight excluding hydrogens is 276 g/mol. The molecule has 0 radical (unpaired) electrons. The van der Waals surface area contributed by atoms with E-state index in [0.717, 1.165) is 28.2 Å². The topological polar surface area (TPSA) is 33.1 Å². The largest absolute Gasteiger partial charge is 0.387 e. The Hall–Kier alpha value is -0.980. The molecule has 2 nitrogen and oxygen atoms in total. The van der Waals surface area contributed by atoms with Gasteiger partial charge in [0.05, 0.1) is 6.10 Å². The molecule has 1 heterocycles. The number of thiazole rings is 1. The lowest BCUT2D eigenvalue weighted by molar-refractivity contribution is 0.198. The Kier molecular flexibility index (Phi) is 4.31. The Morgan fingerprint density at radius 2 is 2.22 bits per heavy atom. The van der Waals surface area contributed by atoms with Crippen molar-refractivity contribution in [1.29, 1.82) is 0 Å². The van der Waals surface area contributed by atoms with Gasteiger partial charge in [0.1, 0.15) is 16.0 Å². The van der Waals surface area contributed by atoms with Crippen molar-refractivity contribution in [3.63, 3.8) is 0 Å². The molecule has 1 atom stereocenters. The van der Waals surface area contributed by atoms with Crippen LogP contribution in [0.2, 0.25) is 0 Å². The number of nitrogens with zero attached hydrogens (tertiary/aromatic N) is 1. The monoisotopic (exact) mass is 287 g/mol. The first-order chi connectivity index (χ1) is 8.56. The fraction of sp³-hybridized carbons (Fsp3) is 0.250. The number of aliphatic hydroxyl groups excluding tert-OH is 1. The van der Waals surface area contributed by atoms with Crippen LogP contribution < -0.4 is 0 Å². The van der Waals surface area contributed by atoms with Crippen LogP contribution in [0, 0.1) is 18.6 Å². The number of hydrogen-bond donors (Lipinski definition) is 1. The summed E-state index contributed by atoms with van der Waals surface area (Å²) >= 11 is 2.79. The van der Waals surface area contributed by atoms with Crippen molar-refractivity contribution in [2.45, 2.75) is 17.4 Å². The van der Waals surface area contributed by atoms with Gasteiger partial charge in [-0.25, -0.2) is 13.8 Å². The number of rotatable bonds is 4. The van der Waals surface area contributed by atoms with Gasteiger partial charge in [-0.05, 0) is 25.1 Å². The highest BCUT2D eigenvalue weighted by atomic mass is 32.2. The minimum Gasteiger partial charge on any atom is -0.387 e. The first-order valence-electron chi connectivity index (χ1n) is 5.24. The van der Waals surface area contributed by atoms with E-state index in [1.54, 1.807) is 0 Å². The van der Waals surface area contributed by atoms with E-state index in [-0.39, 0.29) is 11.3 Å². The van der Waals surface area contributed by atoms with Crippen LogP contribution >= 0.6 is 23.1 Å². The highest BCUT2D eigenvalue weighted by molar-refractivity contribution is 8.01. The molecule has 0 fully saturated rings. The van der Waals surface area contributed by atoms with Gasteiger partial charge >= 0.3 is 0 Å². The zero-order valence-electron chi connectivity index (χ0n) is 9.56. The van der Waals surface area contributed by atoms with Crippen LogP contribution in [0.15, 0.2) is 27.9 Å². The molecule has 0 bridgehead atoms. The summed E-state index contributed by atoms with van der Waals surface area (Å²) in [6, 6.07) is 3.07. The predicted octanol–water partition coefficient (Wildman–Crippen LogP) is 3.56. The number of benzene rings is 1. The quantitative estimate of drug-likeness (QED) is 0.873. The van der Waals surface area contributed by atoms with E-state index in [2.05, 4.69) is 4.98 Å². The number of aryl methyl sites for hydroxylation is 1. The molecule has 1 aromatic carbocycles. The second-order valence-corrected chi connectivity index (χ2v) is 5.87. The Balaban J connectivity index is 2.03. The third-order valence-corrected chi connectivity index (χ3v) is 4.49. The number of halogens is 2. The lowest BCUT2D eigenvalue weighted by Crippen LogP contribution is -2.04. The first kappa shape index (κ1) is 13.5. The molecule has 2 rings (SSSR count). The predicted molar refractivity (Wildman–Crippen MR) is 68.9 cm³/mol. The summed E-state index contributed by atoms with van der Waals surface area (Å²) in [5.41, 5.74) is 0.893. The molecule has 2 aromatic rings. The third-order valence-electron chi connectivity index (χ3n) is 2.28. The SMILES string of the molecule is Cc1csc(SCC(O)c2cc(F)ccc2F)n1. The second-order valence-electron chi connectivity index (χ2n) is 3.75. The van der Waals surface area contributed by atoms with Crippen molar-refractivity contribution in [3.8, 4) is 0 Å². The molecule has 0 saturated heterocycles. The summed E-state index contributed by atoms with van der Waals surface area (Å²) < 4.78 is 27.2. The van der Waals surface area contributed by atoms with Gasteiger partial charge in [0.25, 0.3) is 0 Å². The number of thioether (sulfide) groups is 1. The first-order valence-corrected chi connectivity index (χ1v) is 7.10. The minimum absolute atomic E-state index is 0.0178. The van der Waals surface area contributed by atoms with Crippen LogP contribution in [0.25, 0.3) is 0 Å².